The van der Waals surface area contributed by atoms with E-state index < -0.39 is 12.1 Å². The summed E-state index contributed by atoms with van der Waals surface area (Å²) in [7, 11) is 0. The van der Waals surface area contributed by atoms with Crippen molar-refractivity contribution in [1.82, 2.24) is 9.80 Å². The van der Waals surface area contributed by atoms with E-state index in [4.69, 9.17) is 26.2 Å². The fraction of sp³-hybridized carbons (Fsp3) is 0.556. The summed E-state index contributed by atoms with van der Waals surface area (Å²) in [6, 6.07) is 7.97. The van der Waals surface area contributed by atoms with E-state index in [1.807, 2.05) is 23.1 Å². The monoisotopic (exact) mass is 422 g/mol. The van der Waals surface area contributed by atoms with E-state index in [0.717, 1.165) is 36.8 Å². The van der Waals surface area contributed by atoms with Gasteiger partial charge in [-0.05, 0) is 11.6 Å². The van der Waals surface area contributed by atoms with Crippen LogP contribution >= 0.6 is 11.6 Å². The lowest BCUT2D eigenvalue weighted by atomic mass is 10.1. The van der Waals surface area contributed by atoms with Gasteiger partial charge in [-0.3, -0.25) is 9.69 Å². The standard InChI is InChI=1S/C16H21ClN2O2.C2HF3O2/c1-12(20)19-6-7-21-16-11-18(9-14(16)10-19)8-13-4-2-3-5-15(13)17;3-2(4,5)1(6)7/h2-5,14,16H,6-11H2,1H3;(H,6,7)/t14-,16-;/m1./s1. The van der Waals surface area contributed by atoms with E-state index in [0.29, 0.717) is 19.1 Å². The van der Waals surface area contributed by atoms with Gasteiger partial charge in [0.2, 0.25) is 5.91 Å². The van der Waals surface area contributed by atoms with Gasteiger partial charge in [-0.1, -0.05) is 29.8 Å². The molecule has 0 saturated carbocycles. The summed E-state index contributed by atoms with van der Waals surface area (Å²) < 4.78 is 37.7. The maximum atomic E-state index is 11.6. The zero-order valence-corrected chi connectivity index (χ0v) is 16.0. The third-order valence-electron chi connectivity index (χ3n) is 4.64. The fourth-order valence-corrected chi connectivity index (χ4v) is 3.46. The molecule has 1 amide bonds. The van der Waals surface area contributed by atoms with Gasteiger partial charge in [-0.25, -0.2) is 4.79 Å². The SMILES string of the molecule is CC(=O)N1CCO[C@@H]2CN(Cc3ccccc3Cl)C[C@@H]2C1.O=C(O)C(F)(F)F. The minimum atomic E-state index is -5.08. The summed E-state index contributed by atoms with van der Waals surface area (Å²) in [6.07, 6.45) is -4.85. The van der Waals surface area contributed by atoms with Gasteiger partial charge in [-0.15, -0.1) is 0 Å². The van der Waals surface area contributed by atoms with Gasteiger partial charge in [0.05, 0.1) is 12.7 Å². The predicted octanol–water partition coefficient (Wildman–Crippen LogP) is 2.65. The number of carbonyl (C=O) groups is 2. The van der Waals surface area contributed by atoms with E-state index in [1.54, 1.807) is 6.92 Å². The maximum Gasteiger partial charge on any atom is 0.490 e. The minimum absolute atomic E-state index is 0.142. The van der Waals surface area contributed by atoms with Crippen LogP contribution in [-0.2, 0) is 20.9 Å². The number of ether oxygens (including phenoxy) is 1. The summed E-state index contributed by atoms with van der Waals surface area (Å²) in [5, 5.41) is 7.94. The Balaban J connectivity index is 0.000000345. The second kappa shape index (κ2) is 9.58. The van der Waals surface area contributed by atoms with Crippen molar-refractivity contribution in [2.45, 2.75) is 25.7 Å². The molecule has 0 spiro atoms. The van der Waals surface area contributed by atoms with Crippen molar-refractivity contribution in [3.63, 3.8) is 0 Å². The normalized spacial score (nSPS) is 22.7. The van der Waals surface area contributed by atoms with Crippen LogP contribution in [0.1, 0.15) is 12.5 Å². The predicted molar refractivity (Wildman–Crippen MR) is 95.9 cm³/mol. The van der Waals surface area contributed by atoms with Crippen LogP contribution in [0.4, 0.5) is 13.2 Å². The molecule has 6 nitrogen and oxygen atoms in total. The Hall–Kier alpha value is -1.84. The topological polar surface area (TPSA) is 70.1 Å². The molecular formula is C18H22ClF3N2O4. The number of alkyl halides is 3. The van der Waals surface area contributed by atoms with E-state index in [-0.39, 0.29) is 12.0 Å². The van der Waals surface area contributed by atoms with Crippen molar-refractivity contribution in [3.8, 4) is 0 Å². The number of aliphatic carboxylic acids is 1. The average molecular weight is 423 g/mol. The molecule has 1 N–H and O–H groups in total. The molecule has 3 rings (SSSR count). The molecular weight excluding hydrogens is 401 g/mol. The third kappa shape index (κ3) is 6.35. The summed E-state index contributed by atoms with van der Waals surface area (Å²) in [4.78, 5) is 24.8. The van der Waals surface area contributed by atoms with Gasteiger partial charge >= 0.3 is 12.1 Å². The Labute approximate surface area is 165 Å². The Morgan fingerprint density at radius 3 is 2.46 bits per heavy atom. The van der Waals surface area contributed by atoms with Crippen molar-refractivity contribution >= 4 is 23.5 Å². The van der Waals surface area contributed by atoms with Crippen LogP contribution in [0.3, 0.4) is 0 Å². The van der Waals surface area contributed by atoms with Crippen LogP contribution in [-0.4, -0.2) is 71.8 Å². The van der Waals surface area contributed by atoms with Crippen molar-refractivity contribution in [1.29, 1.82) is 0 Å². The van der Waals surface area contributed by atoms with Crippen molar-refractivity contribution in [3.05, 3.63) is 34.9 Å². The van der Waals surface area contributed by atoms with Crippen LogP contribution in [0.2, 0.25) is 5.02 Å². The molecule has 2 fully saturated rings. The number of likely N-dealkylation sites (tertiary alicyclic amines) is 1. The number of hydrogen-bond donors (Lipinski definition) is 1. The molecule has 28 heavy (non-hydrogen) atoms. The van der Waals surface area contributed by atoms with E-state index in [2.05, 4.69) is 11.0 Å². The highest BCUT2D eigenvalue weighted by Gasteiger charge is 2.38. The molecule has 1 aromatic rings. The quantitative estimate of drug-likeness (QED) is 0.793. The molecule has 0 aromatic heterocycles. The highest BCUT2D eigenvalue weighted by Crippen LogP contribution is 2.26. The van der Waals surface area contributed by atoms with Crippen molar-refractivity contribution in [2.75, 3.05) is 32.8 Å². The van der Waals surface area contributed by atoms with Crippen LogP contribution in [0, 0.1) is 5.92 Å². The molecule has 1 aromatic carbocycles. The molecule has 2 aliphatic heterocycles. The molecule has 2 atom stereocenters. The number of benzene rings is 1. The number of carboxylic acids is 1. The summed E-state index contributed by atoms with van der Waals surface area (Å²) in [6.45, 7) is 6.51. The fourth-order valence-electron chi connectivity index (χ4n) is 3.26. The number of amides is 1. The Morgan fingerprint density at radius 2 is 1.89 bits per heavy atom. The summed E-state index contributed by atoms with van der Waals surface area (Å²) >= 11 is 6.24. The summed E-state index contributed by atoms with van der Waals surface area (Å²) in [5.74, 6) is -2.21. The molecule has 0 bridgehead atoms. The largest absolute Gasteiger partial charge is 0.490 e. The molecule has 0 aliphatic carbocycles. The number of fused-ring (bicyclic) bond motifs is 1. The molecule has 2 heterocycles. The zero-order chi connectivity index (χ0) is 20.9. The zero-order valence-electron chi connectivity index (χ0n) is 15.3. The second-order valence-corrected chi connectivity index (χ2v) is 7.13. The van der Waals surface area contributed by atoms with Gasteiger partial charge in [0.1, 0.15) is 0 Å². The summed E-state index contributed by atoms with van der Waals surface area (Å²) in [5.41, 5.74) is 1.15. The number of carboxylic acid groups (broad SMARTS) is 1. The van der Waals surface area contributed by atoms with Gasteiger partial charge in [0, 0.05) is 50.6 Å². The van der Waals surface area contributed by atoms with Crippen LogP contribution in [0.15, 0.2) is 24.3 Å². The highest BCUT2D eigenvalue weighted by molar-refractivity contribution is 6.31. The molecule has 0 radical (unpaired) electrons. The minimum Gasteiger partial charge on any atom is -0.475 e. The molecule has 2 saturated heterocycles. The van der Waals surface area contributed by atoms with Crippen LogP contribution < -0.4 is 0 Å². The Kier molecular flexibility index (Phi) is 7.68. The van der Waals surface area contributed by atoms with Crippen molar-refractivity contribution in [2.24, 2.45) is 5.92 Å². The first-order valence-electron chi connectivity index (χ1n) is 8.71. The smallest absolute Gasteiger partial charge is 0.475 e. The molecule has 156 valence electrons. The molecule has 10 heteroatoms. The Bertz CT molecular complexity index is 702. The van der Waals surface area contributed by atoms with E-state index in [9.17, 15) is 18.0 Å². The van der Waals surface area contributed by atoms with Crippen molar-refractivity contribution < 1.29 is 32.6 Å². The third-order valence-corrected chi connectivity index (χ3v) is 5.01. The number of carbonyl (C=O) groups excluding carboxylic acids is 1. The van der Waals surface area contributed by atoms with Crippen LogP contribution in [0.25, 0.3) is 0 Å². The highest BCUT2D eigenvalue weighted by atomic mass is 35.5. The first kappa shape index (κ1) is 22.4. The number of nitrogens with zero attached hydrogens (tertiary/aromatic N) is 2. The number of halogens is 4. The van der Waals surface area contributed by atoms with Crippen LogP contribution in [0.5, 0.6) is 0 Å². The number of rotatable bonds is 2. The van der Waals surface area contributed by atoms with Gasteiger partial charge in [-0.2, -0.15) is 13.2 Å². The van der Waals surface area contributed by atoms with E-state index in [1.165, 1.54) is 0 Å². The molecule has 2 aliphatic rings. The van der Waals surface area contributed by atoms with E-state index >= 15 is 0 Å². The lowest BCUT2D eigenvalue weighted by Gasteiger charge is -2.22. The first-order chi connectivity index (χ1) is 13.1. The number of hydrogen-bond acceptors (Lipinski definition) is 4. The average Bonchev–Trinajstić information content (AvgIpc) is 2.86. The van der Waals surface area contributed by atoms with Gasteiger partial charge in [0.25, 0.3) is 0 Å². The maximum absolute atomic E-state index is 11.6. The lowest BCUT2D eigenvalue weighted by molar-refractivity contribution is -0.192. The Morgan fingerprint density at radius 1 is 1.25 bits per heavy atom. The van der Waals surface area contributed by atoms with Gasteiger partial charge in [0.15, 0.2) is 0 Å². The molecule has 0 unspecified atom stereocenters. The lowest BCUT2D eigenvalue weighted by Crippen LogP contribution is -2.35. The second-order valence-electron chi connectivity index (χ2n) is 6.72. The van der Waals surface area contributed by atoms with Gasteiger partial charge < -0.3 is 14.7 Å². The first-order valence-corrected chi connectivity index (χ1v) is 9.08.